The van der Waals surface area contributed by atoms with E-state index in [0.29, 0.717) is 11.8 Å². The average molecular weight is 403 g/mol. The third-order valence-electron chi connectivity index (χ3n) is 6.01. The smallest absolute Gasteiger partial charge is 0.410 e. The molecule has 0 bridgehead atoms. The molecule has 2 aliphatic heterocycles. The van der Waals surface area contributed by atoms with E-state index >= 15 is 0 Å². The van der Waals surface area contributed by atoms with Crippen LogP contribution in [0.3, 0.4) is 0 Å². The first-order chi connectivity index (χ1) is 13.7. The van der Waals surface area contributed by atoms with E-state index in [1.54, 1.807) is 0 Å². The Bertz CT molecular complexity index is 677. The molecule has 29 heavy (non-hydrogen) atoms. The van der Waals surface area contributed by atoms with Crippen LogP contribution >= 0.6 is 0 Å². The van der Waals surface area contributed by atoms with Crippen LogP contribution in [0, 0.1) is 11.8 Å². The number of likely N-dealkylation sites (tertiary alicyclic amines) is 2. The van der Waals surface area contributed by atoms with Crippen LogP contribution in [0.1, 0.15) is 65.0 Å². The lowest BCUT2D eigenvalue weighted by atomic mass is 9.90. The minimum absolute atomic E-state index is 0.0490. The molecule has 0 aromatic heterocycles. The van der Waals surface area contributed by atoms with Crippen LogP contribution in [0.15, 0.2) is 24.3 Å². The Labute approximate surface area is 176 Å². The number of amides is 1. The largest absolute Gasteiger partial charge is 0.493 e. The molecule has 0 spiro atoms. The summed E-state index contributed by atoms with van der Waals surface area (Å²) in [6, 6.07) is 8.35. The molecule has 2 saturated heterocycles. The SMILES string of the molecule is C[C@H]1CC[C@H](c2cccc(OCC3CCN(C)CC3)c2)N(C(=O)OC(C)(C)C)C1. The Morgan fingerprint density at radius 2 is 1.86 bits per heavy atom. The fourth-order valence-corrected chi connectivity index (χ4v) is 4.28. The van der Waals surface area contributed by atoms with Gasteiger partial charge < -0.3 is 19.3 Å². The van der Waals surface area contributed by atoms with Gasteiger partial charge in [0.25, 0.3) is 0 Å². The average Bonchev–Trinajstić information content (AvgIpc) is 2.66. The zero-order chi connectivity index (χ0) is 21.0. The molecular weight excluding hydrogens is 364 g/mol. The molecule has 0 unspecified atom stereocenters. The van der Waals surface area contributed by atoms with Crippen molar-refractivity contribution in [2.75, 3.05) is 33.3 Å². The van der Waals surface area contributed by atoms with Gasteiger partial charge in [0.2, 0.25) is 0 Å². The molecule has 2 atom stereocenters. The third kappa shape index (κ3) is 6.36. The number of benzene rings is 1. The number of nitrogens with zero attached hydrogens (tertiary/aromatic N) is 2. The molecule has 0 aliphatic carbocycles. The lowest BCUT2D eigenvalue weighted by molar-refractivity contribution is 0.00359. The lowest BCUT2D eigenvalue weighted by Crippen LogP contribution is -2.44. The Morgan fingerprint density at radius 3 is 2.55 bits per heavy atom. The highest BCUT2D eigenvalue weighted by Gasteiger charge is 2.34. The second kappa shape index (κ2) is 9.38. The van der Waals surface area contributed by atoms with E-state index in [2.05, 4.69) is 31.0 Å². The van der Waals surface area contributed by atoms with Gasteiger partial charge in [-0.05, 0) is 96.1 Å². The fraction of sp³-hybridized carbons (Fsp3) is 0.708. The molecule has 0 radical (unpaired) electrons. The van der Waals surface area contributed by atoms with Gasteiger partial charge in [0.15, 0.2) is 0 Å². The van der Waals surface area contributed by atoms with E-state index in [1.807, 2.05) is 37.8 Å². The number of piperidine rings is 2. The maximum Gasteiger partial charge on any atom is 0.410 e. The van der Waals surface area contributed by atoms with Crippen LogP contribution in [0.2, 0.25) is 0 Å². The van der Waals surface area contributed by atoms with Crippen LogP contribution in [-0.2, 0) is 4.74 Å². The Hall–Kier alpha value is -1.75. The Kier molecular flexibility index (Phi) is 7.10. The molecule has 2 heterocycles. The van der Waals surface area contributed by atoms with Gasteiger partial charge in [-0.1, -0.05) is 19.1 Å². The third-order valence-corrected chi connectivity index (χ3v) is 6.01. The summed E-state index contributed by atoms with van der Waals surface area (Å²) in [6.45, 7) is 11.8. The predicted octanol–water partition coefficient (Wildman–Crippen LogP) is 5.12. The van der Waals surface area contributed by atoms with Crippen LogP contribution in [0.25, 0.3) is 0 Å². The molecule has 3 rings (SSSR count). The van der Waals surface area contributed by atoms with Gasteiger partial charge in [0, 0.05) is 6.54 Å². The van der Waals surface area contributed by atoms with Crippen molar-refractivity contribution in [3.63, 3.8) is 0 Å². The Balaban J connectivity index is 1.67. The van der Waals surface area contributed by atoms with E-state index in [1.165, 1.54) is 12.8 Å². The van der Waals surface area contributed by atoms with E-state index < -0.39 is 5.60 Å². The zero-order valence-electron chi connectivity index (χ0n) is 18.8. The van der Waals surface area contributed by atoms with Gasteiger partial charge >= 0.3 is 6.09 Å². The summed E-state index contributed by atoms with van der Waals surface area (Å²) in [5.74, 6) is 2.02. The van der Waals surface area contributed by atoms with Crippen LogP contribution in [0.5, 0.6) is 5.75 Å². The fourth-order valence-electron chi connectivity index (χ4n) is 4.28. The first-order valence-electron chi connectivity index (χ1n) is 11.1. The van der Waals surface area contributed by atoms with Crippen LogP contribution in [-0.4, -0.2) is 54.8 Å². The van der Waals surface area contributed by atoms with Crippen LogP contribution in [0.4, 0.5) is 4.79 Å². The normalized spacial score (nSPS) is 24.4. The van der Waals surface area contributed by atoms with E-state index in [9.17, 15) is 4.79 Å². The molecule has 5 nitrogen and oxygen atoms in total. The van der Waals surface area contributed by atoms with Gasteiger partial charge in [-0.15, -0.1) is 0 Å². The molecule has 0 N–H and O–H groups in total. The summed E-state index contributed by atoms with van der Waals surface area (Å²) in [6.07, 6.45) is 4.25. The predicted molar refractivity (Wildman–Crippen MR) is 116 cm³/mol. The molecular formula is C24H38N2O3. The molecule has 1 aromatic carbocycles. The van der Waals surface area contributed by atoms with E-state index in [4.69, 9.17) is 9.47 Å². The molecule has 1 amide bonds. The van der Waals surface area contributed by atoms with Crippen molar-refractivity contribution in [2.24, 2.45) is 11.8 Å². The van der Waals surface area contributed by atoms with Gasteiger partial charge in [-0.2, -0.15) is 0 Å². The lowest BCUT2D eigenvalue weighted by Gasteiger charge is -2.39. The topological polar surface area (TPSA) is 42.0 Å². The number of carbonyl (C=O) groups is 1. The highest BCUT2D eigenvalue weighted by Crippen LogP contribution is 2.35. The maximum absolute atomic E-state index is 12.9. The monoisotopic (exact) mass is 402 g/mol. The standard InChI is InChI=1S/C24H38N2O3/c1-18-9-10-22(26(16-18)23(27)29-24(2,3)4)20-7-6-8-21(15-20)28-17-19-11-13-25(5)14-12-19/h6-8,15,18-19,22H,9-14,16-17H2,1-5H3/t18-,22+/m0/s1. The number of carbonyl (C=O) groups excluding carboxylic acids is 1. The highest BCUT2D eigenvalue weighted by molar-refractivity contribution is 5.69. The number of hydrogen-bond acceptors (Lipinski definition) is 4. The van der Waals surface area contributed by atoms with Crippen LogP contribution < -0.4 is 4.74 Å². The number of rotatable bonds is 4. The van der Waals surface area contributed by atoms with Gasteiger partial charge in [0.05, 0.1) is 12.6 Å². The minimum Gasteiger partial charge on any atom is -0.493 e. The Morgan fingerprint density at radius 1 is 1.14 bits per heavy atom. The molecule has 5 heteroatoms. The second-order valence-corrected chi connectivity index (χ2v) is 9.96. The molecule has 1 aromatic rings. The summed E-state index contributed by atoms with van der Waals surface area (Å²) in [4.78, 5) is 17.1. The maximum atomic E-state index is 12.9. The molecule has 2 aliphatic rings. The molecule has 2 fully saturated rings. The molecule has 0 saturated carbocycles. The van der Waals surface area contributed by atoms with E-state index in [0.717, 1.165) is 50.4 Å². The number of hydrogen-bond donors (Lipinski definition) is 0. The summed E-state index contributed by atoms with van der Waals surface area (Å²) in [5.41, 5.74) is 0.657. The van der Waals surface area contributed by atoms with Crippen molar-refractivity contribution in [1.82, 2.24) is 9.80 Å². The second-order valence-electron chi connectivity index (χ2n) is 9.96. The van der Waals surface area contributed by atoms with Crippen molar-refractivity contribution in [3.8, 4) is 5.75 Å². The van der Waals surface area contributed by atoms with Crippen molar-refractivity contribution in [2.45, 2.75) is 65.0 Å². The first-order valence-corrected chi connectivity index (χ1v) is 11.1. The quantitative estimate of drug-likeness (QED) is 0.701. The zero-order valence-corrected chi connectivity index (χ0v) is 18.8. The van der Waals surface area contributed by atoms with Gasteiger partial charge in [0.1, 0.15) is 11.4 Å². The van der Waals surface area contributed by atoms with Gasteiger partial charge in [-0.25, -0.2) is 4.79 Å². The minimum atomic E-state index is -0.485. The highest BCUT2D eigenvalue weighted by atomic mass is 16.6. The summed E-state index contributed by atoms with van der Waals surface area (Å²) < 4.78 is 11.9. The van der Waals surface area contributed by atoms with Crippen molar-refractivity contribution < 1.29 is 14.3 Å². The van der Waals surface area contributed by atoms with Gasteiger partial charge in [-0.3, -0.25) is 0 Å². The van der Waals surface area contributed by atoms with E-state index in [-0.39, 0.29) is 12.1 Å². The van der Waals surface area contributed by atoms with Crippen molar-refractivity contribution >= 4 is 6.09 Å². The molecule has 162 valence electrons. The first kappa shape index (κ1) is 21.9. The summed E-state index contributed by atoms with van der Waals surface area (Å²) >= 11 is 0. The summed E-state index contributed by atoms with van der Waals surface area (Å²) in [7, 11) is 2.18. The number of ether oxygens (including phenoxy) is 2. The summed E-state index contributed by atoms with van der Waals surface area (Å²) in [5, 5.41) is 0. The van der Waals surface area contributed by atoms with Crippen molar-refractivity contribution in [1.29, 1.82) is 0 Å². The van der Waals surface area contributed by atoms with Crippen molar-refractivity contribution in [3.05, 3.63) is 29.8 Å².